The monoisotopic (exact) mass is 292 g/mol. The predicted octanol–water partition coefficient (Wildman–Crippen LogP) is 3.15. The molecule has 2 unspecified atom stereocenters. The lowest BCUT2D eigenvalue weighted by Crippen LogP contribution is -2.34. The SMILES string of the molecule is Cl.Clc1csc(CN2CCC3CCC(C2)N3)c1. The van der Waals surface area contributed by atoms with E-state index in [1.165, 1.54) is 37.2 Å². The molecule has 1 N–H and O–H groups in total. The van der Waals surface area contributed by atoms with Crippen molar-refractivity contribution >= 4 is 35.3 Å². The molecule has 2 aliphatic rings. The molecule has 0 saturated carbocycles. The van der Waals surface area contributed by atoms with Crippen LogP contribution in [0.2, 0.25) is 5.02 Å². The van der Waals surface area contributed by atoms with Gasteiger partial charge in [-0.15, -0.1) is 23.7 Å². The zero-order chi connectivity index (χ0) is 11.0. The second kappa shape index (κ2) is 5.89. The minimum Gasteiger partial charge on any atom is -0.310 e. The van der Waals surface area contributed by atoms with Crippen LogP contribution in [0.5, 0.6) is 0 Å². The molecule has 0 aromatic carbocycles. The van der Waals surface area contributed by atoms with Crippen molar-refractivity contribution in [1.29, 1.82) is 0 Å². The maximum absolute atomic E-state index is 5.95. The Bertz CT molecular complexity index is 369. The van der Waals surface area contributed by atoms with Crippen molar-refractivity contribution in [2.24, 2.45) is 0 Å². The fourth-order valence-electron chi connectivity index (χ4n) is 2.82. The number of thiophene rings is 1. The molecular weight excluding hydrogens is 275 g/mol. The van der Waals surface area contributed by atoms with Crippen LogP contribution in [0.3, 0.4) is 0 Å². The van der Waals surface area contributed by atoms with Gasteiger partial charge in [0, 0.05) is 42.0 Å². The summed E-state index contributed by atoms with van der Waals surface area (Å²) in [6.07, 6.45) is 4.03. The molecule has 0 radical (unpaired) electrons. The number of likely N-dealkylation sites (tertiary alicyclic amines) is 1. The number of fused-ring (bicyclic) bond motifs is 2. The maximum atomic E-state index is 5.95. The highest BCUT2D eigenvalue weighted by atomic mass is 35.5. The molecular formula is C12H18Cl2N2S. The molecule has 2 aliphatic heterocycles. The fraction of sp³-hybridized carbons (Fsp3) is 0.667. The second-order valence-corrected chi connectivity index (χ2v) is 6.33. The Morgan fingerprint density at radius 1 is 1.35 bits per heavy atom. The first-order valence-corrected chi connectivity index (χ1v) is 7.27. The summed E-state index contributed by atoms with van der Waals surface area (Å²) in [4.78, 5) is 3.96. The molecule has 1 aromatic heterocycles. The third kappa shape index (κ3) is 3.36. The van der Waals surface area contributed by atoms with E-state index >= 15 is 0 Å². The van der Waals surface area contributed by atoms with Crippen LogP contribution in [0, 0.1) is 0 Å². The van der Waals surface area contributed by atoms with Crippen LogP contribution < -0.4 is 5.32 Å². The van der Waals surface area contributed by atoms with Gasteiger partial charge in [0.05, 0.1) is 5.02 Å². The van der Waals surface area contributed by atoms with Gasteiger partial charge in [-0.3, -0.25) is 4.90 Å². The summed E-state index contributed by atoms with van der Waals surface area (Å²) in [6, 6.07) is 3.60. The average Bonchev–Trinajstić information content (AvgIpc) is 2.77. The summed E-state index contributed by atoms with van der Waals surface area (Å²) >= 11 is 7.73. The number of rotatable bonds is 2. The van der Waals surface area contributed by atoms with Gasteiger partial charge in [-0.2, -0.15) is 0 Å². The molecule has 0 aliphatic carbocycles. The molecule has 3 heterocycles. The standard InChI is InChI=1S/C12H17ClN2S.ClH/c13-9-5-12(16-8-9)7-15-4-3-10-1-2-11(6-15)14-10;/h5,8,10-11,14H,1-4,6-7H2;1H. The molecule has 0 amide bonds. The third-order valence-electron chi connectivity index (χ3n) is 3.61. The van der Waals surface area contributed by atoms with Gasteiger partial charge < -0.3 is 5.32 Å². The lowest BCUT2D eigenvalue weighted by Gasteiger charge is -2.23. The number of hydrogen-bond donors (Lipinski definition) is 1. The Morgan fingerprint density at radius 2 is 2.18 bits per heavy atom. The fourth-order valence-corrected chi connectivity index (χ4v) is 3.93. The summed E-state index contributed by atoms with van der Waals surface area (Å²) in [5.41, 5.74) is 0. The first-order valence-electron chi connectivity index (χ1n) is 6.01. The van der Waals surface area contributed by atoms with Crippen molar-refractivity contribution < 1.29 is 0 Å². The van der Waals surface area contributed by atoms with E-state index < -0.39 is 0 Å². The molecule has 0 spiro atoms. The van der Waals surface area contributed by atoms with Crippen molar-refractivity contribution in [3.05, 3.63) is 21.3 Å². The van der Waals surface area contributed by atoms with E-state index in [4.69, 9.17) is 11.6 Å². The van der Waals surface area contributed by atoms with Crippen LogP contribution in [0.1, 0.15) is 24.1 Å². The zero-order valence-corrected chi connectivity index (χ0v) is 12.1. The molecule has 3 rings (SSSR count). The van der Waals surface area contributed by atoms with Crippen LogP contribution in [-0.2, 0) is 6.54 Å². The summed E-state index contributed by atoms with van der Waals surface area (Å²) in [5.74, 6) is 0. The van der Waals surface area contributed by atoms with Crippen molar-refractivity contribution in [3.8, 4) is 0 Å². The van der Waals surface area contributed by atoms with Crippen LogP contribution >= 0.6 is 35.3 Å². The first-order chi connectivity index (χ1) is 7.79. The Kier molecular flexibility index (Phi) is 4.72. The first kappa shape index (κ1) is 13.6. The topological polar surface area (TPSA) is 15.3 Å². The van der Waals surface area contributed by atoms with Gasteiger partial charge in [-0.25, -0.2) is 0 Å². The van der Waals surface area contributed by atoms with E-state index in [-0.39, 0.29) is 12.4 Å². The maximum Gasteiger partial charge on any atom is 0.0516 e. The highest BCUT2D eigenvalue weighted by Crippen LogP contribution is 2.24. The summed E-state index contributed by atoms with van der Waals surface area (Å²) in [6.45, 7) is 3.50. The third-order valence-corrected chi connectivity index (χ3v) is 4.88. The molecule has 96 valence electrons. The van der Waals surface area contributed by atoms with Crippen molar-refractivity contribution in [2.75, 3.05) is 13.1 Å². The summed E-state index contributed by atoms with van der Waals surface area (Å²) in [7, 11) is 0. The average molecular weight is 293 g/mol. The quantitative estimate of drug-likeness (QED) is 0.901. The van der Waals surface area contributed by atoms with Crippen LogP contribution in [0.4, 0.5) is 0 Å². The van der Waals surface area contributed by atoms with E-state index in [2.05, 4.69) is 16.3 Å². The van der Waals surface area contributed by atoms with Gasteiger partial charge in [-0.1, -0.05) is 11.6 Å². The minimum atomic E-state index is 0. The van der Waals surface area contributed by atoms with Crippen LogP contribution in [-0.4, -0.2) is 30.1 Å². The van der Waals surface area contributed by atoms with E-state index in [1.54, 1.807) is 11.3 Å². The van der Waals surface area contributed by atoms with E-state index in [0.29, 0.717) is 0 Å². The molecule has 1 aromatic rings. The Morgan fingerprint density at radius 3 is 2.94 bits per heavy atom. The van der Waals surface area contributed by atoms with Gasteiger partial charge in [-0.05, 0) is 25.3 Å². The molecule has 2 nitrogen and oxygen atoms in total. The Hall–Kier alpha value is 0.200. The largest absolute Gasteiger partial charge is 0.310 e. The molecule has 2 atom stereocenters. The molecule has 5 heteroatoms. The molecule has 2 bridgehead atoms. The van der Waals surface area contributed by atoms with Gasteiger partial charge in [0.2, 0.25) is 0 Å². The zero-order valence-electron chi connectivity index (χ0n) is 9.69. The van der Waals surface area contributed by atoms with Crippen LogP contribution in [0.15, 0.2) is 11.4 Å². The number of hydrogen-bond acceptors (Lipinski definition) is 3. The lowest BCUT2D eigenvalue weighted by molar-refractivity contribution is 0.253. The van der Waals surface area contributed by atoms with Crippen LogP contribution in [0.25, 0.3) is 0 Å². The smallest absolute Gasteiger partial charge is 0.0516 e. The second-order valence-electron chi connectivity index (χ2n) is 4.89. The summed E-state index contributed by atoms with van der Waals surface area (Å²) < 4.78 is 0. The Labute approximate surface area is 118 Å². The van der Waals surface area contributed by atoms with Gasteiger partial charge in [0.25, 0.3) is 0 Å². The normalized spacial score (nSPS) is 28.8. The number of halogens is 2. The highest BCUT2D eigenvalue weighted by molar-refractivity contribution is 7.10. The van der Waals surface area contributed by atoms with Crippen molar-refractivity contribution in [2.45, 2.75) is 37.9 Å². The van der Waals surface area contributed by atoms with Crippen molar-refractivity contribution in [1.82, 2.24) is 10.2 Å². The highest BCUT2D eigenvalue weighted by Gasteiger charge is 2.29. The summed E-state index contributed by atoms with van der Waals surface area (Å²) in [5, 5.41) is 6.62. The minimum absolute atomic E-state index is 0. The molecule has 2 fully saturated rings. The van der Waals surface area contributed by atoms with Gasteiger partial charge in [0.1, 0.15) is 0 Å². The van der Waals surface area contributed by atoms with E-state index in [9.17, 15) is 0 Å². The number of nitrogens with zero attached hydrogens (tertiary/aromatic N) is 1. The molecule has 2 saturated heterocycles. The van der Waals surface area contributed by atoms with E-state index in [1.807, 2.05) is 5.38 Å². The lowest BCUT2D eigenvalue weighted by atomic mass is 10.1. The van der Waals surface area contributed by atoms with Gasteiger partial charge >= 0.3 is 0 Å². The predicted molar refractivity (Wildman–Crippen MR) is 76.4 cm³/mol. The van der Waals surface area contributed by atoms with Crippen molar-refractivity contribution in [3.63, 3.8) is 0 Å². The molecule has 17 heavy (non-hydrogen) atoms. The van der Waals surface area contributed by atoms with E-state index in [0.717, 1.165) is 23.7 Å². The van der Waals surface area contributed by atoms with Gasteiger partial charge in [0.15, 0.2) is 0 Å². The Balaban J connectivity index is 0.00000108. The number of nitrogens with one attached hydrogen (secondary N) is 1.